The fourth-order valence-electron chi connectivity index (χ4n) is 2.19. The third-order valence-electron chi connectivity index (χ3n) is 3.19. The van der Waals surface area contributed by atoms with Gasteiger partial charge >= 0.3 is 0 Å². The molecule has 0 aliphatic carbocycles. The van der Waals surface area contributed by atoms with Gasteiger partial charge in [-0.05, 0) is 12.5 Å². The molecule has 0 radical (unpaired) electrons. The zero-order valence-corrected chi connectivity index (χ0v) is 13.2. The van der Waals surface area contributed by atoms with E-state index in [-0.39, 0.29) is 0 Å². The number of fused-ring (bicyclic) bond motifs is 1. The normalized spacial score (nSPS) is 11.1. The van der Waals surface area contributed by atoms with E-state index in [4.69, 9.17) is 16.3 Å². The van der Waals surface area contributed by atoms with Crippen LogP contribution in [0.3, 0.4) is 0 Å². The fraction of sp³-hybridized carbons (Fsp3) is 0.250. The molecule has 3 nitrogen and oxygen atoms in total. The minimum Gasteiger partial charge on any atom is -0.381 e. The van der Waals surface area contributed by atoms with Crippen molar-refractivity contribution in [2.75, 3.05) is 13.2 Å². The van der Waals surface area contributed by atoms with Crippen molar-refractivity contribution < 1.29 is 4.74 Å². The number of hydrogen-bond acceptors (Lipinski definition) is 4. The number of hydrogen-bond donors (Lipinski definition) is 0. The van der Waals surface area contributed by atoms with Crippen molar-refractivity contribution >= 4 is 33.2 Å². The molecule has 1 aromatic carbocycles. The minimum absolute atomic E-state index is 0.520. The number of halogens is 1. The Morgan fingerprint density at radius 1 is 1.19 bits per heavy atom. The maximum atomic E-state index is 6.39. The second kappa shape index (κ2) is 6.52. The fourth-order valence-corrected chi connectivity index (χ4v) is 3.50. The van der Waals surface area contributed by atoms with Crippen molar-refractivity contribution in [2.24, 2.45) is 0 Å². The van der Waals surface area contributed by atoms with Crippen molar-refractivity contribution in [3.63, 3.8) is 0 Å². The molecule has 3 rings (SSSR count). The first kappa shape index (κ1) is 14.4. The summed E-state index contributed by atoms with van der Waals surface area (Å²) >= 11 is 7.99. The summed E-state index contributed by atoms with van der Waals surface area (Å²) < 4.78 is 5.34. The molecular formula is C16H15ClN2OS. The van der Waals surface area contributed by atoms with E-state index in [0.717, 1.165) is 27.2 Å². The number of ether oxygens (including phenoxy) is 1. The lowest BCUT2D eigenvalue weighted by molar-refractivity contribution is 0.149. The van der Waals surface area contributed by atoms with Gasteiger partial charge in [0.15, 0.2) is 0 Å². The summed E-state index contributed by atoms with van der Waals surface area (Å²) in [6.45, 7) is 3.30. The van der Waals surface area contributed by atoms with Gasteiger partial charge in [-0.1, -0.05) is 41.9 Å². The smallest absolute Gasteiger partial charge is 0.142 e. The van der Waals surface area contributed by atoms with Crippen LogP contribution < -0.4 is 0 Å². The molecule has 0 amide bonds. The highest BCUT2D eigenvalue weighted by atomic mass is 35.5. The first-order valence-corrected chi connectivity index (χ1v) is 8.12. The van der Waals surface area contributed by atoms with Crippen molar-refractivity contribution in [3.05, 3.63) is 46.7 Å². The van der Waals surface area contributed by atoms with Gasteiger partial charge in [0, 0.05) is 24.0 Å². The predicted molar refractivity (Wildman–Crippen MR) is 88.1 cm³/mol. The van der Waals surface area contributed by atoms with Crippen LogP contribution in [0, 0.1) is 0 Å². The summed E-state index contributed by atoms with van der Waals surface area (Å²) in [5, 5.41) is 3.55. The summed E-state index contributed by atoms with van der Waals surface area (Å²) in [7, 11) is 0. The van der Waals surface area contributed by atoms with Crippen LogP contribution in [0.2, 0.25) is 5.15 Å². The molecule has 2 heterocycles. The molecule has 0 bridgehead atoms. The molecule has 0 fully saturated rings. The maximum absolute atomic E-state index is 6.39. The number of rotatable bonds is 5. The van der Waals surface area contributed by atoms with Gasteiger partial charge in [-0.15, -0.1) is 11.3 Å². The summed E-state index contributed by atoms with van der Waals surface area (Å²) in [4.78, 5) is 9.94. The Hall–Kier alpha value is -1.49. The zero-order valence-electron chi connectivity index (χ0n) is 11.7. The molecule has 0 saturated heterocycles. The van der Waals surface area contributed by atoms with E-state index in [1.165, 1.54) is 0 Å². The van der Waals surface area contributed by atoms with E-state index in [0.29, 0.717) is 24.8 Å². The van der Waals surface area contributed by atoms with Crippen molar-refractivity contribution in [3.8, 4) is 11.1 Å². The number of nitrogens with zero attached hydrogens (tertiary/aromatic N) is 2. The Morgan fingerprint density at radius 3 is 2.76 bits per heavy atom. The summed E-state index contributed by atoms with van der Waals surface area (Å²) in [6, 6.07) is 10.2. The Labute approximate surface area is 132 Å². The van der Waals surface area contributed by atoms with Gasteiger partial charge in [0.1, 0.15) is 15.8 Å². The van der Waals surface area contributed by atoms with Crippen LogP contribution in [0.4, 0.5) is 0 Å². The lowest BCUT2D eigenvalue weighted by Gasteiger charge is -2.04. The van der Waals surface area contributed by atoms with E-state index >= 15 is 0 Å². The molecule has 0 aliphatic rings. The predicted octanol–water partition coefficient (Wildman–Crippen LogP) is 4.59. The molecule has 0 spiro atoms. The SMILES string of the molecule is CCOCCc1nc(Cl)c2c(-c3ccccc3)csc2n1. The molecule has 0 N–H and O–H groups in total. The van der Waals surface area contributed by atoms with Crippen LogP contribution in [0.25, 0.3) is 21.3 Å². The van der Waals surface area contributed by atoms with Crippen molar-refractivity contribution in [2.45, 2.75) is 13.3 Å². The highest BCUT2D eigenvalue weighted by Gasteiger charge is 2.13. The average Bonchev–Trinajstić information content (AvgIpc) is 2.93. The first-order valence-electron chi connectivity index (χ1n) is 6.86. The molecular weight excluding hydrogens is 304 g/mol. The van der Waals surface area contributed by atoms with Gasteiger partial charge in [0.2, 0.25) is 0 Å². The van der Waals surface area contributed by atoms with E-state index in [9.17, 15) is 0 Å². The van der Waals surface area contributed by atoms with E-state index in [1.807, 2.05) is 25.1 Å². The summed E-state index contributed by atoms with van der Waals surface area (Å²) in [6.07, 6.45) is 0.683. The Bertz CT molecular complexity index is 743. The van der Waals surface area contributed by atoms with Crippen molar-refractivity contribution in [1.29, 1.82) is 0 Å². The van der Waals surface area contributed by atoms with Gasteiger partial charge < -0.3 is 4.74 Å². The van der Waals surface area contributed by atoms with Crippen LogP contribution in [0.15, 0.2) is 35.7 Å². The van der Waals surface area contributed by atoms with Gasteiger partial charge in [-0.25, -0.2) is 9.97 Å². The zero-order chi connectivity index (χ0) is 14.7. The standard InChI is InChI=1S/C16H15ClN2OS/c1-2-20-9-8-13-18-15(17)14-12(10-21-16(14)19-13)11-6-4-3-5-7-11/h3-7,10H,2,8-9H2,1H3. The number of benzene rings is 1. The van der Waals surface area contributed by atoms with Crippen LogP contribution >= 0.6 is 22.9 Å². The highest BCUT2D eigenvalue weighted by Crippen LogP contribution is 2.36. The molecule has 5 heteroatoms. The Balaban J connectivity index is 1.99. The van der Waals surface area contributed by atoms with Crippen LogP contribution in [-0.2, 0) is 11.2 Å². The average molecular weight is 319 g/mol. The van der Waals surface area contributed by atoms with Gasteiger partial charge in [-0.3, -0.25) is 0 Å². The second-order valence-electron chi connectivity index (χ2n) is 4.57. The monoisotopic (exact) mass is 318 g/mol. The van der Waals surface area contributed by atoms with Crippen LogP contribution in [0.1, 0.15) is 12.7 Å². The third-order valence-corrected chi connectivity index (χ3v) is 4.34. The lowest BCUT2D eigenvalue weighted by Crippen LogP contribution is -2.02. The third kappa shape index (κ3) is 3.07. The molecule has 0 unspecified atom stereocenters. The summed E-state index contributed by atoms with van der Waals surface area (Å²) in [5.74, 6) is 0.738. The largest absolute Gasteiger partial charge is 0.381 e. The Morgan fingerprint density at radius 2 is 2.00 bits per heavy atom. The van der Waals surface area contributed by atoms with E-state index in [2.05, 4.69) is 27.5 Å². The molecule has 3 aromatic rings. The molecule has 2 aromatic heterocycles. The molecule has 0 aliphatic heterocycles. The Kier molecular flexibility index (Phi) is 4.48. The molecule has 108 valence electrons. The summed E-state index contributed by atoms with van der Waals surface area (Å²) in [5.41, 5.74) is 2.23. The quantitative estimate of drug-likeness (QED) is 0.510. The van der Waals surface area contributed by atoms with Gasteiger partial charge in [0.25, 0.3) is 0 Å². The second-order valence-corrected chi connectivity index (χ2v) is 5.79. The van der Waals surface area contributed by atoms with Crippen LogP contribution in [0.5, 0.6) is 0 Å². The van der Waals surface area contributed by atoms with Crippen LogP contribution in [-0.4, -0.2) is 23.2 Å². The molecule has 0 saturated carbocycles. The first-order chi connectivity index (χ1) is 10.3. The van der Waals surface area contributed by atoms with Gasteiger partial charge in [-0.2, -0.15) is 0 Å². The number of thiophene rings is 1. The maximum Gasteiger partial charge on any atom is 0.142 e. The van der Waals surface area contributed by atoms with Crippen molar-refractivity contribution in [1.82, 2.24) is 9.97 Å². The van der Waals surface area contributed by atoms with E-state index < -0.39 is 0 Å². The highest BCUT2D eigenvalue weighted by molar-refractivity contribution is 7.17. The number of aromatic nitrogens is 2. The van der Waals surface area contributed by atoms with Gasteiger partial charge in [0.05, 0.1) is 12.0 Å². The molecule has 0 atom stereocenters. The lowest BCUT2D eigenvalue weighted by atomic mass is 10.1. The minimum atomic E-state index is 0.520. The molecule has 21 heavy (non-hydrogen) atoms. The van der Waals surface area contributed by atoms with E-state index in [1.54, 1.807) is 11.3 Å². The topological polar surface area (TPSA) is 35.0 Å².